The highest BCUT2D eigenvalue weighted by Crippen LogP contribution is 2.52. The van der Waals surface area contributed by atoms with E-state index in [2.05, 4.69) is 162 Å². The molecular formula is C43H27BN2S. The summed E-state index contributed by atoms with van der Waals surface area (Å²) in [5.74, 6) is 0. The summed E-state index contributed by atoms with van der Waals surface area (Å²) in [4.78, 5) is 2.62. The molecule has 0 spiro atoms. The fraction of sp³-hybridized carbons (Fsp3) is 0.0233. The number of aromatic nitrogens is 1. The van der Waals surface area contributed by atoms with Crippen molar-refractivity contribution in [1.29, 1.82) is 0 Å². The van der Waals surface area contributed by atoms with Gasteiger partial charge in [-0.1, -0.05) is 103 Å². The third-order valence-electron chi connectivity index (χ3n) is 10.5. The standard InChI is InChI=1S/C43H27BN2S/c1-26-13-5-6-16-28(26)32-25-33-40-37(24-23-30-29-17-8-12-22-38(29)47-43(30)40)46(27-14-3-2-4-15-27)44-34-19-9-11-21-36(34)45-35-20-10-7-18-31(35)39(32)42(45)41(33)44/h2-25H,1H3. The molecule has 0 radical (unpaired) electrons. The number of hydrogen-bond donors (Lipinski definition) is 0. The number of rotatable bonds is 2. The van der Waals surface area contributed by atoms with Gasteiger partial charge in [0.25, 0.3) is 0 Å². The van der Waals surface area contributed by atoms with Gasteiger partial charge in [-0.15, -0.1) is 11.3 Å². The average molecular weight is 615 g/mol. The van der Waals surface area contributed by atoms with E-state index in [1.807, 2.05) is 11.3 Å². The highest BCUT2D eigenvalue weighted by Gasteiger charge is 2.45. The molecule has 2 aliphatic rings. The number of aryl methyl sites for hydroxylation is 1. The van der Waals surface area contributed by atoms with Crippen molar-refractivity contribution in [2.45, 2.75) is 6.92 Å². The van der Waals surface area contributed by atoms with E-state index in [9.17, 15) is 0 Å². The van der Waals surface area contributed by atoms with Gasteiger partial charge < -0.3 is 9.38 Å². The Balaban J connectivity index is 1.42. The molecule has 2 aliphatic heterocycles. The van der Waals surface area contributed by atoms with Gasteiger partial charge >= 0.3 is 6.85 Å². The molecule has 7 aromatic carbocycles. The summed E-state index contributed by atoms with van der Waals surface area (Å²) in [6, 6.07) is 54.2. The lowest BCUT2D eigenvalue weighted by Crippen LogP contribution is -2.60. The lowest BCUT2D eigenvalue weighted by Gasteiger charge is -2.42. The summed E-state index contributed by atoms with van der Waals surface area (Å²) in [5.41, 5.74) is 15.6. The maximum absolute atomic E-state index is 2.62. The van der Waals surface area contributed by atoms with E-state index < -0.39 is 0 Å². The van der Waals surface area contributed by atoms with Crippen LogP contribution in [0.15, 0.2) is 146 Å². The molecule has 0 amide bonds. The fourth-order valence-corrected chi connectivity index (χ4v) is 9.87. The SMILES string of the molecule is Cc1ccccc1-c1cc2c3c4c1c1ccccc1n4-c1ccccc1B3N(c1ccccc1)c1ccc3c(sc4ccccc43)c1-2. The molecule has 2 nitrogen and oxygen atoms in total. The third-order valence-corrected chi connectivity index (χ3v) is 11.7. The molecule has 0 N–H and O–H groups in total. The van der Waals surface area contributed by atoms with E-state index in [0.717, 1.165) is 0 Å². The summed E-state index contributed by atoms with van der Waals surface area (Å²) >= 11 is 1.93. The molecule has 11 rings (SSSR count). The van der Waals surface area contributed by atoms with Gasteiger partial charge in [0.1, 0.15) is 0 Å². The topological polar surface area (TPSA) is 8.17 Å². The Bertz CT molecular complexity index is 2770. The van der Waals surface area contributed by atoms with Crippen LogP contribution in [0.5, 0.6) is 0 Å². The van der Waals surface area contributed by atoms with E-state index in [1.165, 1.54) is 97.8 Å². The second kappa shape index (κ2) is 9.25. The first-order chi connectivity index (χ1) is 23.3. The van der Waals surface area contributed by atoms with Crippen molar-refractivity contribution in [3.05, 3.63) is 151 Å². The molecular weight excluding hydrogens is 587 g/mol. The first kappa shape index (κ1) is 25.6. The van der Waals surface area contributed by atoms with Gasteiger partial charge in [-0.3, -0.25) is 0 Å². The zero-order chi connectivity index (χ0) is 30.8. The van der Waals surface area contributed by atoms with E-state index in [0.29, 0.717) is 0 Å². The van der Waals surface area contributed by atoms with Crippen molar-refractivity contribution in [2.75, 3.05) is 4.81 Å². The second-order valence-corrected chi connectivity index (χ2v) is 13.9. The molecule has 47 heavy (non-hydrogen) atoms. The van der Waals surface area contributed by atoms with Crippen LogP contribution in [-0.2, 0) is 0 Å². The predicted molar refractivity (Wildman–Crippen MR) is 203 cm³/mol. The van der Waals surface area contributed by atoms with E-state index >= 15 is 0 Å². The molecule has 0 atom stereocenters. The van der Waals surface area contributed by atoms with Crippen molar-refractivity contribution in [1.82, 2.24) is 4.57 Å². The Morgan fingerprint density at radius 1 is 0.574 bits per heavy atom. The van der Waals surface area contributed by atoms with Crippen molar-refractivity contribution in [3.63, 3.8) is 0 Å². The van der Waals surface area contributed by atoms with Crippen LogP contribution in [-0.4, -0.2) is 11.4 Å². The molecule has 0 bridgehead atoms. The number of anilines is 2. The summed E-state index contributed by atoms with van der Waals surface area (Å²) in [7, 11) is 0. The molecule has 4 heteroatoms. The lowest BCUT2D eigenvalue weighted by atomic mass is 9.44. The minimum absolute atomic E-state index is 0.0214. The first-order valence-electron chi connectivity index (χ1n) is 16.3. The number of hydrogen-bond acceptors (Lipinski definition) is 2. The summed E-state index contributed by atoms with van der Waals surface area (Å²) in [6.07, 6.45) is 0. The van der Waals surface area contributed by atoms with Crippen LogP contribution < -0.4 is 15.7 Å². The number of thiophene rings is 1. The molecule has 0 unspecified atom stereocenters. The fourth-order valence-electron chi connectivity index (χ4n) is 8.61. The molecule has 0 saturated carbocycles. The minimum atomic E-state index is 0.0214. The van der Waals surface area contributed by atoms with Crippen molar-refractivity contribution in [2.24, 2.45) is 0 Å². The second-order valence-electron chi connectivity index (χ2n) is 12.9. The van der Waals surface area contributed by atoms with Crippen molar-refractivity contribution in [3.8, 4) is 27.9 Å². The Kier molecular flexibility index (Phi) is 5.04. The maximum Gasteiger partial charge on any atom is 0.333 e. The minimum Gasteiger partial charge on any atom is -0.376 e. The Morgan fingerprint density at radius 2 is 1.32 bits per heavy atom. The van der Waals surface area contributed by atoms with Crippen LogP contribution in [0.3, 0.4) is 0 Å². The highest BCUT2D eigenvalue weighted by atomic mass is 32.1. The van der Waals surface area contributed by atoms with Gasteiger partial charge in [-0.2, -0.15) is 0 Å². The Hall–Kier alpha value is -5.58. The smallest absolute Gasteiger partial charge is 0.333 e. The van der Waals surface area contributed by atoms with Gasteiger partial charge in [0.15, 0.2) is 0 Å². The predicted octanol–water partition coefficient (Wildman–Crippen LogP) is 10.4. The number of para-hydroxylation sites is 3. The van der Waals surface area contributed by atoms with Gasteiger partial charge in [-0.25, -0.2) is 0 Å². The van der Waals surface area contributed by atoms with Crippen LogP contribution >= 0.6 is 11.3 Å². The largest absolute Gasteiger partial charge is 0.376 e. The number of fused-ring (bicyclic) bond motifs is 12. The number of nitrogens with zero attached hydrogens (tertiary/aromatic N) is 2. The summed E-state index contributed by atoms with van der Waals surface area (Å²) in [6.45, 7) is 2.27. The number of benzene rings is 7. The van der Waals surface area contributed by atoms with Crippen LogP contribution in [0.25, 0.3) is 69.9 Å². The average Bonchev–Trinajstić information content (AvgIpc) is 3.68. The quantitative estimate of drug-likeness (QED) is 0.176. The van der Waals surface area contributed by atoms with Gasteiger partial charge in [0, 0.05) is 53.6 Å². The van der Waals surface area contributed by atoms with Gasteiger partial charge in [0.2, 0.25) is 0 Å². The zero-order valence-corrected chi connectivity index (χ0v) is 26.6. The van der Waals surface area contributed by atoms with E-state index in [1.54, 1.807) is 0 Å². The Labute approximate surface area is 276 Å². The molecule has 0 fully saturated rings. The third kappa shape index (κ3) is 3.25. The normalized spacial score (nSPS) is 13.1. The first-order valence-corrected chi connectivity index (χ1v) is 17.1. The summed E-state index contributed by atoms with van der Waals surface area (Å²) < 4.78 is 5.25. The van der Waals surface area contributed by atoms with E-state index in [4.69, 9.17) is 0 Å². The van der Waals surface area contributed by atoms with Crippen LogP contribution in [0.1, 0.15) is 5.56 Å². The molecule has 9 aromatic rings. The van der Waals surface area contributed by atoms with Gasteiger partial charge in [0.05, 0.1) is 11.0 Å². The highest BCUT2D eigenvalue weighted by molar-refractivity contribution is 7.26. The summed E-state index contributed by atoms with van der Waals surface area (Å²) in [5, 5.41) is 5.30. The van der Waals surface area contributed by atoms with Crippen molar-refractivity contribution >= 4 is 82.5 Å². The molecule has 0 saturated heterocycles. The van der Waals surface area contributed by atoms with Gasteiger partial charge in [-0.05, 0) is 82.6 Å². The van der Waals surface area contributed by atoms with Crippen molar-refractivity contribution < 1.29 is 0 Å². The van der Waals surface area contributed by atoms with Crippen LogP contribution in [0.4, 0.5) is 11.4 Å². The maximum atomic E-state index is 2.62. The molecule has 0 aliphatic carbocycles. The Morgan fingerprint density at radius 3 is 2.21 bits per heavy atom. The molecule has 2 aromatic heterocycles. The monoisotopic (exact) mass is 614 g/mol. The lowest BCUT2D eigenvalue weighted by molar-refractivity contribution is 1.18. The van der Waals surface area contributed by atoms with Crippen LogP contribution in [0, 0.1) is 6.92 Å². The van der Waals surface area contributed by atoms with E-state index in [-0.39, 0.29) is 6.85 Å². The van der Waals surface area contributed by atoms with Crippen LogP contribution in [0.2, 0.25) is 0 Å². The zero-order valence-electron chi connectivity index (χ0n) is 25.7. The molecule has 4 heterocycles. The molecule has 218 valence electrons.